The predicted molar refractivity (Wildman–Crippen MR) is 105 cm³/mol. The third kappa shape index (κ3) is 3.64. The Hall–Kier alpha value is -2.86. The summed E-state index contributed by atoms with van der Waals surface area (Å²) in [5.74, 6) is 1.05. The Bertz CT molecular complexity index is 968. The number of aromatic amines is 1. The number of H-pyrrole nitrogens is 1. The minimum atomic E-state index is 0. The molecule has 0 radical (unpaired) electrons. The highest BCUT2D eigenvalue weighted by atomic mass is 79.9. The van der Waals surface area contributed by atoms with Gasteiger partial charge >= 0.3 is 0 Å². The molecule has 5 nitrogen and oxygen atoms in total. The van der Waals surface area contributed by atoms with Gasteiger partial charge in [0.15, 0.2) is 0 Å². The lowest BCUT2D eigenvalue weighted by molar-refractivity contribution is 0.475. The lowest BCUT2D eigenvalue weighted by atomic mass is 10.1. The van der Waals surface area contributed by atoms with E-state index >= 15 is 0 Å². The standard InChI is InChI=1S/C19H16N4O.BrH/c24-15-8-6-14(7-9-15)17-10-16-18(21-12-22-19(16)23-17)20-11-13-4-2-1-3-5-13;/h1-10,12,24H,11H2,(H2,20,21,22,23);1H. The first-order chi connectivity index (χ1) is 11.8. The summed E-state index contributed by atoms with van der Waals surface area (Å²) >= 11 is 0. The fourth-order valence-electron chi connectivity index (χ4n) is 2.66. The molecule has 0 aliphatic carbocycles. The van der Waals surface area contributed by atoms with Crippen molar-refractivity contribution < 1.29 is 5.11 Å². The number of halogens is 1. The van der Waals surface area contributed by atoms with E-state index in [0.29, 0.717) is 6.54 Å². The van der Waals surface area contributed by atoms with Crippen LogP contribution in [-0.2, 0) is 6.54 Å². The van der Waals surface area contributed by atoms with E-state index in [1.807, 2.05) is 36.4 Å². The fraction of sp³-hybridized carbons (Fsp3) is 0.0526. The summed E-state index contributed by atoms with van der Waals surface area (Å²) in [4.78, 5) is 12.0. The number of nitrogens with one attached hydrogen (secondary N) is 2. The van der Waals surface area contributed by atoms with E-state index in [9.17, 15) is 5.11 Å². The van der Waals surface area contributed by atoms with Crippen LogP contribution >= 0.6 is 17.0 Å². The molecule has 2 heterocycles. The van der Waals surface area contributed by atoms with E-state index in [1.54, 1.807) is 18.5 Å². The van der Waals surface area contributed by atoms with Crippen LogP contribution in [0.5, 0.6) is 5.75 Å². The van der Waals surface area contributed by atoms with Gasteiger partial charge in [0.25, 0.3) is 0 Å². The first kappa shape index (κ1) is 17.0. The lowest BCUT2D eigenvalue weighted by Crippen LogP contribution is -2.01. The zero-order chi connectivity index (χ0) is 16.4. The Balaban J connectivity index is 0.00000182. The summed E-state index contributed by atoms with van der Waals surface area (Å²) in [6.07, 6.45) is 1.55. The molecule has 0 amide bonds. The van der Waals surface area contributed by atoms with Crippen molar-refractivity contribution >= 4 is 33.8 Å². The molecule has 0 bridgehead atoms. The number of anilines is 1. The largest absolute Gasteiger partial charge is 0.508 e. The number of aromatic nitrogens is 3. The number of hydrogen-bond donors (Lipinski definition) is 3. The van der Waals surface area contributed by atoms with Crippen molar-refractivity contribution in [2.24, 2.45) is 0 Å². The molecule has 0 spiro atoms. The van der Waals surface area contributed by atoms with Gasteiger partial charge in [0, 0.05) is 12.2 Å². The van der Waals surface area contributed by atoms with Crippen LogP contribution < -0.4 is 5.32 Å². The molecule has 0 aliphatic heterocycles. The van der Waals surface area contributed by atoms with Gasteiger partial charge in [-0.05, 0) is 41.5 Å². The molecule has 4 rings (SSSR count). The van der Waals surface area contributed by atoms with Crippen molar-refractivity contribution in [3.05, 3.63) is 72.6 Å². The molecule has 2 aromatic carbocycles. The predicted octanol–water partition coefficient (Wildman–Crippen LogP) is 4.52. The van der Waals surface area contributed by atoms with E-state index < -0.39 is 0 Å². The maximum atomic E-state index is 9.42. The van der Waals surface area contributed by atoms with Gasteiger partial charge in [-0.2, -0.15) is 0 Å². The van der Waals surface area contributed by atoms with Crippen LogP contribution in [0, 0.1) is 0 Å². The molecule has 25 heavy (non-hydrogen) atoms. The second kappa shape index (κ2) is 7.36. The normalized spacial score (nSPS) is 10.4. The number of phenolic OH excluding ortho intramolecular Hbond substituents is 1. The summed E-state index contributed by atoms with van der Waals surface area (Å²) in [5.41, 5.74) is 3.90. The van der Waals surface area contributed by atoms with Crippen molar-refractivity contribution in [2.45, 2.75) is 6.54 Å². The van der Waals surface area contributed by atoms with Crippen LogP contribution in [0.4, 0.5) is 5.82 Å². The van der Waals surface area contributed by atoms with Gasteiger partial charge in [0.1, 0.15) is 23.5 Å². The topological polar surface area (TPSA) is 73.8 Å². The minimum absolute atomic E-state index is 0. The van der Waals surface area contributed by atoms with Crippen LogP contribution in [-0.4, -0.2) is 20.1 Å². The Kier molecular flexibility index (Phi) is 5.00. The molecule has 0 atom stereocenters. The van der Waals surface area contributed by atoms with Crippen LogP contribution in [0.2, 0.25) is 0 Å². The highest BCUT2D eigenvalue weighted by molar-refractivity contribution is 8.93. The zero-order valence-electron chi connectivity index (χ0n) is 13.3. The molecule has 2 aromatic heterocycles. The van der Waals surface area contributed by atoms with Crippen LogP contribution in [0.3, 0.4) is 0 Å². The molecule has 126 valence electrons. The third-order valence-corrected chi connectivity index (χ3v) is 3.91. The summed E-state index contributed by atoms with van der Waals surface area (Å²) in [5, 5.41) is 13.7. The second-order valence-corrected chi connectivity index (χ2v) is 5.55. The molecule has 3 N–H and O–H groups in total. The van der Waals surface area contributed by atoms with Crippen molar-refractivity contribution in [3.63, 3.8) is 0 Å². The monoisotopic (exact) mass is 396 g/mol. The Labute approximate surface area is 155 Å². The fourth-order valence-corrected chi connectivity index (χ4v) is 2.66. The average Bonchev–Trinajstić information content (AvgIpc) is 3.06. The number of hydrogen-bond acceptors (Lipinski definition) is 4. The number of phenols is 1. The molecular weight excluding hydrogens is 380 g/mol. The first-order valence-electron chi connectivity index (χ1n) is 7.70. The van der Waals surface area contributed by atoms with Crippen molar-refractivity contribution in [1.82, 2.24) is 15.0 Å². The van der Waals surface area contributed by atoms with Gasteiger partial charge in [-0.25, -0.2) is 9.97 Å². The van der Waals surface area contributed by atoms with Crippen molar-refractivity contribution in [1.29, 1.82) is 0 Å². The van der Waals surface area contributed by atoms with E-state index in [1.165, 1.54) is 5.56 Å². The zero-order valence-corrected chi connectivity index (χ0v) is 15.0. The summed E-state index contributed by atoms with van der Waals surface area (Å²) in [7, 11) is 0. The number of rotatable bonds is 4. The molecule has 0 unspecified atom stereocenters. The lowest BCUT2D eigenvalue weighted by Gasteiger charge is -2.06. The average molecular weight is 397 g/mol. The smallest absolute Gasteiger partial charge is 0.143 e. The maximum Gasteiger partial charge on any atom is 0.143 e. The second-order valence-electron chi connectivity index (χ2n) is 5.55. The molecule has 6 heteroatoms. The number of benzene rings is 2. The maximum absolute atomic E-state index is 9.42. The Morgan fingerprint density at radius 3 is 2.48 bits per heavy atom. The Morgan fingerprint density at radius 2 is 1.72 bits per heavy atom. The van der Waals surface area contributed by atoms with Gasteiger partial charge in [-0.1, -0.05) is 30.3 Å². The van der Waals surface area contributed by atoms with Gasteiger partial charge in [-0.3, -0.25) is 0 Å². The van der Waals surface area contributed by atoms with Crippen LogP contribution in [0.25, 0.3) is 22.3 Å². The third-order valence-electron chi connectivity index (χ3n) is 3.91. The highest BCUT2D eigenvalue weighted by Crippen LogP contribution is 2.27. The quantitative estimate of drug-likeness (QED) is 0.473. The number of aromatic hydroxyl groups is 1. The van der Waals surface area contributed by atoms with Gasteiger partial charge in [-0.15, -0.1) is 17.0 Å². The number of nitrogens with zero attached hydrogens (tertiary/aromatic N) is 2. The molecular formula is C19H17BrN4O. The van der Waals surface area contributed by atoms with Crippen molar-refractivity contribution in [2.75, 3.05) is 5.32 Å². The van der Waals surface area contributed by atoms with Crippen LogP contribution in [0.1, 0.15) is 5.56 Å². The first-order valence-corrected chi connectivity index (χ1v) is 7.70. The highest BCUT2D eigenvalue weighted by Gasteiger charge is 2.09. The summed E-state index contributed by atoms with van der Waals surface area (Å²) in [6, 6.07) is 19.3. The van der Waals surface area contributed by atoms with E-state index in [-0.39, 0.29) is 22.7 Å². The minimum Gasteiger partial charge on any atom is -0.508 e. The van der Waals surface area contributed by atoms with Crippen LogP contribution in [0.15, 0.2) is 67.0 Å². The molecule has 0 saturated heterocycles. The summed E-state index contributed by atoms with van der Waals surface area (Å²) in [6.45, 7) is 0.701. The van der Waals surface area contributed by atoms with Gasteiger partial charge in [0.2, 0.25) is 0 Å². The summed E-state index contributed by atoms with van der Waals surface area (Å²) < 4.78 is 0. The Morgan fingerprint density at radius 1 is 0.960 bits per heavy atom. The molecule has 0 fully saturated rings. The van der Waals surface area contributed by atoms with Gasteiger partial charge in [0.05, 0.1) is 5.39 Å². The van der Waals surface area contributed by atoms with Gasteiger partial charge < -0.3 is 15.4 Å². The molecule has 4 aromatic rings. The molecule has 0 saturated carbocycles. The van der Waals surface area contributed by atoms with E-state index in [0.717, 1.165) is 28.1 Å². The van der Waals surface area contributed by atoms with E-state index in [2.05, 4.69) is 32.4 Å². The van der Waals surface area contributed by atoms with Crippen molar-refractivity contribution in [3.8, 4) is 17.0 Å². The molecule has 0 aliphatic rings. The SMILES string of the molecule is Br.Oc1ccc(-c2cc3c(NCc4ccccc4)ncnc3[nH]2)cc1. The van der Waals surface area contributed by atoms with E-state index in [4.69, 9.17) is 0 Å². The number of fused-ring (bicyclic) bond motifs is 1.